The number of carbonyl (C=O) groups is 1. The Morgan fingerprint density at radius 3 is 2.71 bits per heavy atom. The van der Waals surface area contributed by atoms with Crippen LogP contribution in [0.5, 0.6) is 0 Å². The molecule has 0 spiro atoms. The first-order valence-electron chi connectivity index (χ1n) is 5.93. The van der Waals surface area contributed by atoms with Crippen molar-refractivity contribution >= 4 is 38.5 Å². The molecule has 0 bridgehead atoms. The van der Waals surface area contributed by atoms with Gasteiger partial charge in [0.1, 0.15) is 0 Å². The molecule has 0 aliphatic rings. The third-order valence-corrected chi connectivity index (χ3v) is 4.28. The number of amides is 1. The first-order chi connectivity index (χ1) is 9.94. The highest BCUT2D eigenvalue weighted by atomic mass is 32.2. The van der Waals surface area contributed by atoms with Gasteiger partial charge in [-0.05, 0) is 11.6 Å². The molecule has 2 rings (SSSR count). The molecule has 1 aromatic carbocycles. The van der Waals surface area contributed by atoms with E-state index in [0.717, 1.165) is 22.3 Å². The fourth-order valence-electron chi connectivity index (χ4n) is 1.50. The Kier molecular flexibility index (Phi) is 4.71. The van der Waals surface area contributed by atoms with E-state index in [-0.39, 0.29) is 11.6 Å². The summed E-state index contributed by atoms with van der Waals surface area (Å²) in [6.07, 6.45) is 1.47. The van der Waals surface area contributed by atoms with Gasteiger partial charge < -0.3 is 5.73 Å². The second kappa shape index (κ2) is 6.51. The Hall–Kier alpha value is -2.19. The van der Waals surface area contributed by atoms with Crippen LogP contribution in [0.25, 0.3) is 6.08 Å². The van der Waals surface area contributed by atoms with Crippen LogP contribution in [0.3, 0.4) is 0 Å². The molecule has 0 saturated carbocycles. The summed E-state index contributed by atoms with van der Waals surface area (Å²) in [7, 11) is -3.65. The lowest BCUT2D eigenvalue weighted by Crippen LogP contribution is -2.14. The first-order valence-corrected chi connectivity index (χ1v) is 8.36. The molecule has 2 aromatic rings. The van der Waals surface area contributed by atoms with Crippen molar-refractivity contribution in [2.24, 2.45) is 5.73 Å². The number of benzene rings is 1. The van der Waals surface area contributed by atoms with E-state index in [1.807, 2.05) is 18.2 Å². The lowest BCUT2D eigenvalue weighted by molar-refractivity contribution is -0.117. The number of thiazole rings is 1. The standard InChI is InChI=1S/C13H13N3O3S2/c14-12(17)8-11-9-20-13(15-11)16-21(18,19)7-6-10-4-2-1-3-5-10/h1-7,9H,8H2,(H2,14,17)(H,15,16)/b7-6+. The predicted octanol–water partition coefficient (Wildman–Crippen LogP) is 1.58. The maximum atomic E-state index is 11.9. The molecule has 1 aromatic heterocycles. The Bertz CT molecular complexity index is 752. The van der Waals surface area contributed by atoms with Crippen molar-refractivity contribution in [3.8, 4) is 0 Å². The van der Waals surface area contributed by atoms with Gasteiger partial charge >= 0.3 is 0 Å². The van der Waals surface area contributed by atoms with Crippen LogP contribution in [0.15, 0.2) is 41.1 Å². The normalized spacial score (nSPS) is 11.6. The number of aromatic nitrogens is 1. The lowest BCUT2D eigenvalue weighted by Gasteiger charge is -1.99. The summed E-state index contributed by atoms with van der Waals surface area (Å²) in [5.74, 6) is -0.515. The van der Waals surface area contributed by atoms with Crippen molar-refractivity contribution in [1.29, 1.82) is 0 Å². The average molecular weight is 323 g/mol. The zero-order valence-electron chi connectivity index (χ0n) is 10.9. The quantitative estimate of drug-likeness (QED) is 0.842. The number of nitrogens with one attached hydrogen (secondary N) is 1. The van der Waals surface area contributed by atoms with Gasteiger partial charge in [-0.1, -0.05) is 30.3 Å². The molecule has 21 heavy (non-hydrogen) atoms. The monoisotopic (exact) mass is 323 g/mol. The fraction of sp³-hybridized carbons (Fsp3) is 0.0769. The number of primary amides is 1. The summed E-state index contributed by atoms with van der Waals surface area (Å²) in [4.78, 5) is 14.7. The van der Waals surface area contributed by atoms with Crippen LogP contribution in [0.4, 0.5) is 5.13 Å². The van der Waals surface area contributed by atoms with Gasteiger partial charge in [0, 0.05) is 5.38 Å². The van der Waals surface area contributed by atoms with E-state index in [9.17, 15) is 13.2 Å². The third-order valence-electron chi connectivity index (χ3n) is 2.38. The van der Waals surface area contributed by atoms with E-state index in [1.165, 1.54) is 6.08 Å². The lowest BCUT2D eigenvalue weighted by atomic mass is 10.2. The van der Waals surface area contributed by atoms with Gasteiger partial charge in [0.2, 0.25) is 5.91 Å². The number of hydrogen-bond acceptors (Lipinski definition) is 5. The van der Waals surface area contributed by atoms with Crippen LogP contribution in [-0.4, -0.2) is 19.3 Å². The first kappa shape index (κ1) is 15.2. The van der Waals surface area contributed by atoms with E-state index in [0.29, 0.717) is 5.69 Å². The summed E-state index contributed by atoms with van der Waals surface area (Å²) < 4.78 is 26.1. The van der Waals surface area contributed by atoms with Crippen molar-refractivity contribution in [1.82, 2.24) is 4.98 Å². The molecule has 0 fully saturated rings. The molecular formula is C13H13N3O3S2. The highest BCUT2D eigenvalue weighted by Crippen LogP contribution is 2.17. The maximum absolute atomic E-state index is 11.9. The van der Waals surface area contributed by atoms with Crippen LogP contribution >= 0.6 is 11.3 Å². The molecule has 0 atom stereocenters. The molecular weight excluding hydrogens is 310 g/mol. The van der Waals surface area contributed by atoms with Gasteiger partial charge in [-0.15, -0.1) is 11.3 Å². The van der Waals surface area contributed by atoms with E-state index >= 15 is 0 Å². The molecule has 0 radical (unpaired) electrons. The molecule has 0 aliphatic heterocycles. The minimum atomic E-state index is -3.65. The molecule has 0 aliphatic carbocycles. The number of carbonyl (C=O) groups excluding carboxylic acids is 1. The minimum absolute atomic E-state index is 0.0158. The number of hydrogen-bond donors (Lipinski definition) is 2. The van der Waals surface area contributed by atoms with Gasteiger partial charge in [-0.2, -0.15) is 0 Å². The highest BCUT2D eigenvalue weighted by Gasteiger charge is 2.10. The summed E-state index contributed by atoms with van der Waals surface area (Å²) in [5.41, 5.74) is 6.27. The van der Waals surface area contributed by atoms with Crippen molar-refractivity contribution in [3.05, 3.63) is 52.4 Å². The highest BCUT2D eigenvalue weighted by molar-refractivity contribution is 7.95. The Balaban J connectivity index is 2.05. The Labute approximate surface area is 126 Å². The van der Waals surface area contributed by atoms with Gasteiger partial charge in [-0.25, -0.2) is 13.4 Å². The summed E-state index contributed by atoms with van der Waals surface area (Å²) in [5, 5.41) is 2.85. The Morgan fingerprint density at radius 2 is 2.05 bits per heavy atom. The van der Waals surface area contributed by atoms with E-state index in [1.54, 1.807) is 17.5 Å². The number of anilines is 1. The van der Waals surface area contributed by atoms with Crippen LogP contribution in [0.1, 0.15) is 11.3 Å². The summed E-state index contributed by atoms with van der Waals surface area (Å²) in [6, 6.07) is 9.06. The molecule has 0 saturated heterocycles. The minimum Gasteiger partial charge on any atom is -0.369 e. The van der Waals surface area contributed by atoms with E-state index < -0.39 is 15.9 Å². The van der Waals surface area contributed by atoms with E-state index in [2.05, 4.69) is 9.71 Å². The summed E-state index contributed by atoms with van der Waals surface area (Å²) >= 11 is 1.10. The average Bonchev–Trinajstić information content (AvgIpc) is 2.83. The second-order valence-corrected chi connectivity index (χ2v) is 6.57. The molecule has 6 nitrogen and oxygen atoms in total. The van der Waals surface area contributed by atoms with E-state index in [4.69, 9.17) is 5.73 Å². The molecule has 110 valence electrons. The molecule has 1 heterocycles. The van der Waals surface area contributed by atoms with Gasteiger partial charge in [0.25, 0.3) is 10.0 Å². The van der Waals surface area contributed by atoms with Crippen LogP contribution in [-0.2, 0) is 21.2 Å². The maximum Gasteiger partial charge on any atom is 0.256 e. The number of nitrogens with two attached hydrogens (primary N) is 1. The van der Waals surface area contributed by atoms with Gasteiger partial charge in [-0.3, -0.25) is 9.52 Å². The van der Waals surface area contributed by atoms with Gasteiger partial charge in [0.05, 0.1) is 17.5 Å². The topological polar surface area (TPSA) is 102 Å². The molecule has 3 N–H and O–H groups in total. The van der Waals surface area contributed by atoms with Crippen molar-refractivity contribution in [2.75, 3.05) is 4.72 Å². The third kappa shape index (κ3) is 5.01. The number of sulfonamides is 1. The van der Waals surface area contributed by atoms with Crippen molar-refractivity contribution < 1.29 is 13.2 Å². The smallest absolute Gasteiger partial charge is 0.256 e. The molecule has 8 heteroatoms. The van der Waals surface area contributed by atoms with Crippen LogP contribution in [0.2, 0.25) is 0 Å². The summed E-state index contributed by atoms with van der Waals surface area (Å²) in [6.45, 7) is 0. The van der Waals surface area contributed by atoms with Crippen LogP contribution in [0, 0.1) is 0 Å². The molecule has 1 amide bonds. The number of rotatable bonds is 6. The zero-order chi connectivity index (χ0) is 15.3. The largest absolute Gasteiger partial charge is 0.369 e. The zero-order valence-corrected chi connectivity index (χ0v) is 12.5. The van der Waals surface area contributed by atoms with Crippen molar-refractivity contribution in [3.63, 3.8) is 0 Å². The van der Waals surface area contributed by atoms with Crippen molar-refractivity contribution in [2.45, 2.75) is 6.42 Å². The predicted molar refractivity (Wildman–Crippen MR) is 83.0 cm³/mol. The van der Waals surface area contributed by atoms with Crippen LogP contribution < -0.4 is 10.5 Å². The fourth-order valence-corrected chi connectivity index (χ4v) is 3.29. The molecule has 0 unspecified atom stereocenters. The Morgan fingerprint density at radius 1 is 1.33 bits per heavy atom. The number of nitrogens with zero attached hydrogens (tertiary/aromatic N) is 1. The second-order valence-electron chi connectivity index (χ2n) is 4.15. The SMILES string of the molecule is NC(=O)Cc1csc(NS(=O)(=O)/C=C/c2ccccc2)n1. The van der Waals surface area contributed by atoms with Gasteiger partial charge in [0.15, 0.2) is 5.13 Å².